The van der Waals surface area contributed by atoms with Crippen LogP contribution in [0.5, 0.6) is 0 Å². The molecular weight excluding hydrogens is 150 g/mol. The van der Waals surface area contributed by atoms with Crippen LogP contribution >= 0.6 is 0 Å². The van der Waals surface area contributed by atoms with Crippen molar-refractivity contribution >= 4 is 0 Å². The minimum atomic E-state index is 0. The van der Waals surface area contributed by atoms with Crippen molar-refractivity contribution in [3.63, 3.8) is 0 Å². The van der Waals surface area contributed by atoms with E-state index in [0.29, 0.717) is 0 Å². The second-order valence-corrected chi connectivity index (χ2v) is 0. The summed E-state index contributed by atoms with van der Waals surface area (Å²) < 4.78 is 0. The van der Waals surface area contributed by atoms with Crippen LogP contribution in [0.25, 0.3) is 0 Å². The van der Waals surface area contributed by atoms with Gasteiger partial charge in [0.15, 0.2) is 0 Å². The van der Waals surface area contributed by atoms with E-state index in [1.807, 2.05) is 0 Å². The Balaban J connectivity index is 0. The van der Waals surface area contributed by atoms with Crippen molar-refractivity contribution < 1.29 is 44.3 Å². The fourth-order valence-corrected chi connectivity index (χ4v) is 0. The Bertz CT molecular complexity index is 6.00. The van der Waals surface area contributed by atoms with E-state index in [1.165, 1.54) is 0 Å². The molecular formula is H4Cl2NZn+. The molecule has 0 rings (SSSR count). The van der Waals surface area contributed by atoms with Gasteiger partial charge in [-0.1, -0.05) is 0 Å². The van der Waals surface area contributed by atoms with Crippen LogP contribution in [0, 0.1) is 0 Å². The van der Waals surface area contributed by atoms with Gasteiger partial charge in [-0.2, -0.15) is 0 Å². The molecule has 0 amide bonds. The Morgan fingerprint density at radius 3 is 0.750 bits per heavy atom. The van der Waals surface area contributed by atoms with Gasteiger partial charge in [0.25, 0.3) is 0 Å². The molecule has 0 aliphatic carbocycles. The third-order valence-electron chi connectivity index (χ3n) is 0. The van der Waals surface area contributed by atoms with Gasteiger partial charge in [-0.25, -0.2) is 0 Å². The van der Waals surface area contributed by atoms with E-state index in [-0.39, 0.29) is 50.4 Å². The van der Waals surface area contributed by atoms with Crippen LogP contribution in [0.2, 0.25) is 0 Å². The predicted octanol–water partition coefficient (Wildman–Crippen LogP) is -5.62. The molecule has 0 aromatic carbocycles. The maximum Gasteiger partial charge on any atom is 2.00 e. The van der Waals surface area contributed by atoms with E-state index in [1.54, 1.807) is 0 Å². The molecule has 0 aromatic rings. The molecule has 4 heavy (non-hydrogen) atoms. The summed E-state index contributed by atoms with van der Waals surface area (Å²) in [6, 6.07) is 0. The Labute approximate surface area is 50.7 Å². The van der Waals surface area contributed by atoms with Crippen LogP contribution < -0.4 is 31.0 Å². The third kappa shape index (κ3) is 10.9. The van der Waals surface area contributed by atoms with Gasteiger partial charge in [-0.15, -0.1) is 0 Å². The van der Waals surface area contributed by atoms with Crippen molar-refractivity contribution in [3.05, 3.63) is 0 Å². The normalized spacial score (nSPS) is 0. The summed E-state index contributed by atoms with van der Waals surface area (Å²) in [6.07, 6.45) is 0. The molecule has 0 heterocycles. The topological polar surface area (TPSA) is 36.5 Å². The molecule has 4 N–H and O–H groups in total. The van der Waals surface area contributed by atoms with Gasteiger partial charge in [-0.3, -0.25) is 0 Å². The Morgan fingerprint density at radius 1 is 0.750 bits per heavy atom. The second kappa shape index (κ2) is 30.8. The Kier molecular flexibility index (Phi) is 509. The van der Waals surface area contributed by atoms with Crippen LogP contribution in [-0.4, -0.2) is 0 Å². The molecule has 0 aliphatic rings. The zero-order chi connectivity index (χ0) is 0. The summed E-state index contributed by atoms with van der Waals surface area (Å²) in [5, 5.41) is 0. The summed E-state index contributed by atoms with van der Waals surface area (Å²) >= 11 is 0. The van der Waals surface area contributed by atoms with Gasteiger partial charge in [0.2, 0.25) is 0 Å². The van der Waals surface area contributed by atoms with Crippen LogP contribution in [0.4, 0.5) is 0 Å². The average molecular weight is 154 g/mol. The van der Waals surface area contributed by atoms with Gasteiger partial charge < -0.3 is 31.0 Å². The van der Waals surface area contributed by atoms with Crippen LogP contribution in [0.1, 0.15) is 0 Å². The predicted molar refractivity (Wildman–Crippen MR) is 5.98 cm³/mol. The maximum absolute atomic E-state index is 0. The van der Waals surface area contributed by atoms with E-state index < -0.39 is 0 Å². The van der Waals surface area contributed by atoms with Crippen LogP contribution in [0.3, 0.4) is 0 Å². The first-order valence-electron chi connectivity index (χ1n) is 0. The summed E-state index contributed by atoms with van der Waals surface area (Å²) in [5.41, 5.74) is 0. The first-order chi connectivity index (χ1) is 0. The van der Waals surface area contributed by atoms with Gasteiger partial charge in [0, 0.05) is 0 Å². The second-order valence-electron chi connectivity index (χ2n) is 0. The van der Waals surface area contributed by atoms with E-state index in [2.05, 4.69) is 0 Å². The monoisotopic (exact) mass is 152 g/mol. The van der Waals surface area contributed by atoms with Crippen LogP contribution in [-0.2, 0) is 19.5 Å². The molecule has 24 valence electrons. The molecule has 0 fully saturated rings. The zero-order valence-corrected chi connectivity index (χ0v) is 6.94. The summed E-state index contributed by atoms with van der Waals surface area (Å²) in [4.78, 5) is 0. The Morgan fingerprint density at radius 2 is 0.750 bits per heavy atom. The molecule has 0 bridgehead atoms. The molecule has 0 saturated carbocycles. The fourth-order valence-electron chi connectivity index (χ4n) is 0. The van der Waals surface area contributed by atoms with Gasteiger partial charge in [0.05, 0.1) is 0 Å². The van der Waals surface area contributed by atoms with Gasteiger partial charge >= 0.3 is 19.5 Å². The first kappa shape index (κ1) is 66.1. The molecule has 4 heteroatoms. The molecule has 0 aromatic heterocycles. The van der Waals surface area contributed by atoms with Crippen molar-refractivity contribution in [3.8, 4) is 0 Å². The largest absolute Gasteiger partial charge is 2.00 e. The first-order valence-corrected chi connectivity index (χ1v) is 0. The van der Waals surface area contributed by atoms with Crippen LogP contribution in [0.15, 0.2) is 0 Å². The quantitative estimate of drug-likeness (QED) is 0.338. The van der Waals surface area contributed by atoms with Gasteiger partial charge in [-0.05, 0) is 0 Å². The zero-order valence-electron chi connectivity index (χ0n) is 2.46. The number of quaternary nitrogens is 1. The number of halogens is 2. The third-order valence-corrected chi connectivity index (χ3v) is 0. The van der Waals surface area contributed by atoms with Crippen molar-refractivity contribution in [1.29, 1.82) is 0 Å². The minimum Gasteiger partial charge on any atom is -1.00 e. The Hall–Kier alpha value is 1.16. The van der Waals surface area contributed by atoms with E-state index in [0.717, 1.165) is 0 Å². The fraction of sp³-hybridized carbons (Fsp3) is 0. The molecule has 0 aliphatic heterocycles. The van der Waals surface area contributed by atoms with E-state index in [9.17, 15) is 0 Å². The SMILES string of the molecule is [Cl-].[Cl-].[NH4+].[Zn+2]. The average Bonchev–Trinajstić information content (AvgIpc) is 0. The molecule has 0 saturated heterocycles. The molecule has 1 nitrogen and oxygen atoms in total. The number of hydrogen-bond donors (Lipinski definition) is 1. The van der Waals surface area contributed by atoms with E-state index >= 15 is 0 Å². The summed E-state index contributed by atoms with van der Waals surface area (Å²) in [6.45, 7) is 0. The number of rotatable bonds is 0. The maximum atomic E-state index is 0. The molecule has 0 spiro atoms. The molecule has 0 atom stereocenters. The molecule has 0 radical (unpaired) electrons. The van der Waals surface area contributed by atoms with Crippen molar-refractivity contribution in [2.24, 2.45) is 0 Å². The number of hydrogen-bond acceptors (Lipinski definition) is 0. The van der Waals surface area contributed by atoms with Crippen molar-refractivity contribution in [1.82, 2.24) is 6.15 Å². The van der Waals surface area contributed by atoms with Crippen molar-refractivity contribution in [2.75, 3.05) is 0 Å². The summed E-state index contributed by atoms with van der Waals surface area (Å²) in [7, 11) is 0. The standard InChI is InChI=1S/2ClH.H3N.Zn/h2*1H;1H3;/q;;;+2/p-1. The van der Waals surface area contributed by atoms with Crippen molar-refractivity contribution in [2.45, 2.75) is 0 Å². The van der Waals surface area contributed by atoms with Gasteiger partial charge in [0.1, 0.15) is 0 Å². The smallest absolute Gasteiger partial charge is 1.00 e. The summed E-state index contributed by atoms with van der Waals surface area (Å²) in [5.74, 6) is 0. The van der Waals surface area contributed by atoms with E-state index in [4.69, 9.17) is 0 Å². The minimum absolute atomic E-state index is 0. The molecule has 0 unspecified atom stereocenters.